The van der Waals surface area contributed by atoms with Crippen molar-refractivity contribution in [3.05, 3.63) is 20.8 Å². The summed E-state index contributed by atoms with van der Waals surface area (Å²) in [5.74, 6) is 0. The maximum absolute atomic E-state index is 9.62. The van der Waals surface area contributed by atoms with E-state index in [1.807, 2.05) is 0 Å². The van der Waals surface area contributed by atoms with Gasteiger partial charge >= 0.3 is 4.61 Å². The highest BCUT2D eigenvalue weighted by atomic mass is 79.9. The SMILES string of the molecule is C/C=C(/Br)[N+](=O)[O-]. The summed E-state index contributed by atoms with van der Waals surface area (Å²) in [6.07, 6.45) is 1.38. The molecular formula is C3H4BrNO2. The number of hydrogen-bond acceptors (Lipinski definition) is 2. The number of nitrogens with zero attached hydrogens (tertiary/aromatic N) is 1. The van der Waals surface area contributed by atoms with E-state index in [0.717, 1.165) is 0 Å². The number of allylic oxidation sites excluding steroid dienone is 1. The largest absolute Gasteiger partial charge is 0.306 e. The Labute approximate surface area is 49.3 Å². The first kappa shape index (κ1) is 6.62. The van der Waals surface area contributed by atoms with Crippen LogP contribution in [0.15, 0.2) is 10.7 Å². The van der Waals surface area contributed by atoms with Crippen molar-refractivity contribution < 1.29 is 4.92 Å². The summed E-state index contributed by atoms with van der Waals surface area (Å²) in [6, 6.07) is 0. The van der Waals surface area contributed by atoms with Crippen LogP contribution in [0.25, 0.3) is 0 Å². The Bertz CT molecular complexity index is 110. The van der Waals surface area contributed by atoms with Crippen molar-refractivity contribution in [1.82, 2.24) is 0 Å². The van der Waals surface area contributed by atoms with Gasteiger partial charge in [0.05, 0.1) is 4.92 Å². The van der Waals surface area contributed by atoms with Gasteiger partial charge in [-0.25, -0.2) is 0 Å². The minimum atomic E-state index is -0.500. The Morgan fingerprint density at radius 1 is 2.00 bits per heavy atom. The fourth-order valence-electron chi connectivity index (χ4n) is 0.105. The Kier molecular flexibility index (Phi) is 2.59. The van der Waals surface area contributed by atoms with Crippen molar-refractivity contribution in [3.8, 4) is 0 Å². The lowest BCUT2D eigenvalue weighted by atomic mass is 10.7. The quantitative estimate of drug-likeness (QED) is 0.336. The van der Waals surface area contributed by atoms with Gasteiger partial charge in [0.1, 0.15) is 0 Å². The van der Waals surface area contributed by atoms with E-state index in [4.69, 9.17) is 0 Å². The minimum Gasteiger partial charge on any atom is -0.258 e. The molecule has 0 amide bonds. The molecule has 7 heavy (non-hydrogen) atoms. The zero-order chi connectivity index (χ0) is 5.86. The standard InChI is InChI=1S/C3H4BrNO2/c1-2-3(4)5(6)7/h2H,1H3/b3-2-. The van der Waals surface area contributed by atoms with Crippen molar-refractivity contribution in [2.45, 2.75) is 6.92 Å². The van der Waals surface area contributed by atoms with Gasteiger partial charge in [0.2, 0.25) is 0 Å². The monoisotopic (exact) mass is 165 g/mol. The smallest absolute Gasteiger partial charge is 0.258 e. The molecule has 0 unspecified atom stereocenters. The summed E-state index contributed by atoms with van der Waals surface area (Å²) in [5, 5.41) is 9.62. The highest BCUT2D eigenvalue weighted by Gasteiger charge is 1.98. The van der Waals surface area contributed by atoms with Gasteiger partial charge in [-0.2, -0.15) is 0 Å². The molecule has 0 spiro atoms. The maximum Gasteiger partial charge on any atom is 0.306 e. The first-order chi connectivity index (χ1) is 3.18. The summed E-state index contributed by atoms with van der Waals surface area (Å²) in [7, 11) is 0. The van der Waals surface area contributed by atoms with Crippen LogP contribution >= 0.6 is 15.9 Å². The molecule has 0 aromatic carbocycles. The first-order valence-electron chi connectivity index (χ1n) is 1.64. The Morgan fingerprint density at radius 3 is 2.43 bits per heavy atom. The van der Waals surface area contributed by atoms with Crippen LogP contribution in [0.5, 0.6) is 0 Å². The molecule has 0 aromatic heterocycles. The zero-order valence-electron chi connectivity index (χ0n) is 3.72. The Morgan fingerprint density at radius 2 is 2.43 bits per heavy atom. The van der Waals surface area contributed by atoms with Crippen LogP contribution in [-0.4, -0.2) is 4.92 Å². The van der Waals surface area contributed by atoms with E-state index in [1.54, 1.807) is 6.92 Å². The summed E-state index contributed by atoms with van der Waals surface area (Å²) >= 11 is 2.70. The van der Waals surface area contributed by atoms with Crippen molar-refractivity contribution in [2.24, 2.45) is 0 Å². The van der Waals surface area contributed by atoms with Crippen LogP contribution in [-0.2, 0) is 0 Å². The highest BCUT2D eigenvalue weighted by Crippen LogP contribution is 2.02. The van der Waals surface area contributed by atoms with E-state index in [-0.39, 0.29) is 4.61 Å². The van der Waals surface area contributed by atoms with Gasteiger partial charge in [0.25, 0.3) is 0 Å². The molecule has 0 atom stereocenters. The molecule has 4 heteroatoms. The Hall–Kier alpha value is -0.380. The van der Waals surface area contributed by atoms with Crippen LogP contribution in [0.4, 0.5) is 0 Å². The van der Waals surface area contributed by atoms with E-state index < -0.39 is 4.92 Å². The summed E-state index contributed by atoms with van der Waals surface area (Å²) < 4.78 is 0.00694. The topological polar surface area (TPSA) is 43.1 Å². The molecule has 0 heterocycles. The summed E-state index contributed by atoms with van der Waals surface area (Å²) in [5.41, 5.74) is 0. The molecule has 0 aliphatic carbocycles. The molecule has 0 bridgehead atoms. The third kappa shape index (κ3) is 2.33. The van der Waals surface area contributed by atoms with Gasteiger partial charge in [0, 0.05) is 15.9 Å². The van der Waals surface area contributed by atoms with Crippen molar-refractivity contribution in [1.29, 1.82) is 0 Å². The number of hydrogen-bond donors (Lipinski definition) is 0. The second-order valence-corrected chi connectivity index (χ2v) is 1.68. The second kappa shape index (κ2) is 2.74. The van der Waals surface area contributed by atoms with Crippen molar-refractivity contribution in [2.75, 3.05) is 0 Å². The van der Waals surface area contributed by atoms with Crippen LogP contribution in [0.2, 0.25) is 0 Å². The van der Waals surface area contributed by atoms with E-state index >= 15 is 0 Å². The lowest BCUT2D eigenvalue weighted by Gasteiger charge is -1.79. The van der Waals surface area contributed by atoms with E-state index in [1.165, 1.54) is 6.08 Å². The average molecular weight is 166 g/mol. The third-order valence-corrected chi connectivity index (χ3v) is 1.16. The Balaban J connectivity index is 3.82. The first-order valence-corrected chi connectivity index (χ1v) is 2.44. The van der Waals surface area contributed by atoms with Crippen LogP contribution in [0, 0.1) is 10.1 Å². The van der Waals surface area contributed by atoms with E-state index in [9.17, 15) is 10.1 Å². The van der Waals surface area contributed by atoms with Crippen LogP contribution < -0.4 is 0 Å². The number of nitro groups is 1. The molecule has 0 N–H and O–H groups in total. The molecular weight excluding hydrogens is 162 g/mol. The normalized spacial score (nSPS) is 11.4. The van der Waals surface area contributed by atoms with Crippen LogP contribution in [0.3, 0.4) is 0 Å². The molecule has 40 valence electrons. The lowest BCUT2D eigenvalue weighted by Crippen LogP contribution is -1.87. The van der Waals surface area contributed by atoms with E-state index in [0.29, 0.717) is 0 Å². The molecule has 0 aliphatic rings. The molecule has 0 fully saturated rings. The van der Waals surface area contributed by atoms with Gasteiger partial charge in [-0.3, -0.25) is 10.1 Å². The number of halogens is 1. The molecule has 3 nitrogen and oxygen atoms in total. The molecule has 0 aliphatic heterocycles. The average Bonchev–Trinajstić information content (AvgIpc) is 1.65. The summed E-state index contributed by atoms with van der Waals surface area (Å²) in [6.45, 7) is 1.59. The van der Waals surface area contributed by atoms with Crippen molar-refractivity contribution in [3.63, 3.8) is 0 Å². The second-order valence-electron chi connectivity index (χ2n) is 0.869. The van der Waals surface area contributed by atoms with Crippen molar-refractivity contribution >= 4 is 15.9 Å². The zero-order valence-corrected chi connectivity index (χ0v) is 5.31. The lowest BCUT2D eigenvalue weighted by molar-refractivity contribution is -0.409. The minimum absolute atomic E-state index is 0.00694. The predicted octanol–water partition coefficient (Wildman–Crippen LogP) is 1.52. The molecule has 0 saturated carbocycles. The van der Waals surface area contributed by atoms with Gasteiger partial charge in [0.15, 0.2) is 0 Å². The molecule has 0 rings (SSSR count). The molecule has 0 aromatic rings. The van der Waals surface area contributed by atoms with Gasteiger partial charge < -0.3 is 0 Å². The predicted molar refractivity (Wildman–Crippen MR) is 29.7 cm³/mol. The fraction of sp³-hybridized carbons (Fsp3) is 0.333. The molecule has 0 radical (unpaired) electrons. The number of rotatable bonds is 1. The highest BCUT2D eigenvalue weighted by molar-refractivity contribution is 9.11. The fourth-order valence-corrected chi connectivity index (χ4v) is 0.105. The molecule has 0 saturated heterocycles. The maximum atomic E-state index is 9.62. The van der Waals surface area contributed by atoms with Gasteiger partial charge in [-0.1, -0.05) is 0 Å². The summed E-state index contributed by atoms with van der Waals surface area (Å²) in [4.78, 5) is 9.12. The van der Waals surface area contributed by atoms with Gasteiger partial charge in [-0.05, 0) is 13.0 Å². The van der Waals surface area contributed by atoms with Crippen LogP contribution in [0.1, 0.15) is 6.92 Å². The van der Waals surface area contributed by atoms with Gasteiger partial charge in [-0.15, -0.1) is 0 Å². The van der Waals surface area contributed by atoms with E-state index in [2.05, 4.69) is 15.9 Å². The third-order valence-electron chi connectivity index (χ3n) is 0.413.